The number of non-ortho nitro benzene ring substituents is 2. The molecule has 8 aromatic rings. The minimum atomic E-state index is -0.570. The first kappa shape index (κ1) is 76.4. The maximum Gasteiger partial charge on any atom is 0.269 e. The molecule has 0 unspecified atom stereocenters. The normalized spacial score (nSPS) is 16.2. The van der Waals surface area contributed by atoms with Crippen molar-refractivity contribution in [3.8, 4) is 11.8 Å². The average Bonchev–Trinajstić information content (AvgIpc) is 0.783. The van der Waals surface area contributed by atoms with Crippen molar-refractivity contribution in [2.75, 3.05) is 108 Å². The first-order valence-corrected chi connectivity index (χ1v) is 36.2. The highest BCUT2D eigenvalue weighted by Crippen LogP contribution is 2.39. The van der Waals surface area contributed by atoms with Gasteiger partial charge in [0.15, 0.2) is 18.6 Å². The van der Waals surface area contributed by atoms with E-state index in [1.165, 1.54) is 123 Å². The second-order valence-corrected chi connectivity index (χ2v) is 27.8. The van der Waals surface area contributed by atoms with Gasteiger partial charge in [0.05, 0.1) is 41.3 Å². The van der Waals surface area contributed by atoms with Crippen LogP contribution >= 0.6 is 58.2 Å². The first-order chi connectivity index (χ1) is 48.6. The van der Waals surface area contributed by atoms with Crippen LogP contribution in [-0.4, -0.2) is 114 Å². The molecule has 534 valence electrons. The number of carbonyl (C=O) groups is 2. The monoisotopic (exact) mass is 1470 g/mol. The number of aromatic nitrogens is 4. The van der Waals surface area contributed by atoms with Gasteiger partial charge in [0.1, 0.15) is 16.9 Å². The molecule has 6 aromatic carbocycles. The summed E-state index contributed by atoms with van der Waals surface area (Å²) < 4.78 is 23.4. The highest BCUT2D eigenvalue weighted by Gasteiger charge is 2.33. The van der Waals surface area contributed by atoms with Crippen LogP contribution in [0.1, 0.15) is 99.8 Å². The number of rotatable bonds is 10. The molecular formula is C73H83Cl4FN14O8S. The van der Waals surface area contributed by atoms with E-state index in [-0.39, 0.29) is 64.5 Å². The first-order valence-electron chi connectivity index (χ1n) is 33.5. The number of nitrogens with two attached hydrogens (primary N) is 1. The van der Waals surface area contributed by atoms with Crippen LogP contribution in [0.15, 0.2) is 151 Å². The fraction of sp³-hybridized carbons (Fsp3) is 0.370. The lowest BCUT2D eigenvalue weighted by atomic mass is 9.99. The zero-order valence-corrected chi connectivity index (χ0v) is 60.8. The molecule has 4 fully saturated rings. The van der Waals surface area contributed by atoms with Crippen molar-refractivity contribution in [2.24, 2.45) is 23.7 Å². The topological polar surface area (TPSA) is 257 Å². The van der Waals surface area contributed by atoms with Gasteiger partial charge in [0.25, 0.3) is 23.2 Å². The third-order valence-electron chi connectivity index (χ3n) is 17.9. The molecule has 0 radical (unpaired) electrons. The number of benzene rings is 6. The molecule has 28 heteroatoms. The van der Waals surface area contributed by atoms with Crippen molar-refractivity contribution in [1.82, 2.24) is 25.3 Å². The summed E-state index contributed by atoms with van der Waals surface area (Å²) in [7, 11) is 0. The number of thioether (sulfide) groups is 1. The summed E-state index contributed by atoms with van der Waals surface area (Å²) >= 11 is 26.2. The Morgan fingerprint density at radius 1 is 0.535 bits per heavy atom. The number of hydrogen-bond acceptors (Lipinski definition) is 19. The van der Waals surface area contributed by atoms with E-state index in [9.17, 15) is 34.2 Å². The van der Waals surface area contributed by atoms with Gasteiger partial charge in [-0.1, -0.05) is 98.0 Å². The van der Waals surface area contributed by atoms with Gasteiger partial charge in [-0.2, -0.15) is 9.97 Å². The number of nitrogens with zero attached hydrogens (tertiary/aromatic N) is 11. The molecule has 6 aliphatic rings. The van der Waals surface area contributed by atoms with Gasteiger partial charge in [0.2, 0.25) is 17.7 Å². The minimum Gasteiger partial charge on any atom is -0.455 e. The Kier molecular flexibility index (Phi) is 28.2. The molecule has 0 aliphatic carbocycles. The molecule has 6 aliphatic heterocycles. The lowest BCUT2D eigenvalue weighted by Gasteiger charge is -2.32. The van der Waals surface area contributed by atoms with E-state index in [0.29, 0.717) is 42.6 Å². The molecule has 4 saturated heterocycles. The van der Waals surface area contributed by atoms with Gasteiger partial charge in [-0.05, 0) is 191 Å². The number of fused-ring (bicyclic) bond motifs is 2. The smallest absolute Gasteiger partial charge is 0.269 e. The lowest BCUT2D eigenvalue weighted by Crippen LogP contribution is -2.39. The average molecular weight is 1480 g/mol. The molecule has 22 nitrogen and oxygen atoms in total. The summed E-state index contributed by atoms with van der Waals surface area (Å²) in [4.78, 5) is 72.0. The van der Waals surface area contributed by atoms with Crippen molar-refractivity contribution in [3.05, 3.63) is 203 Å². The van der Waals surface area contributed by atoms with Crippen molar-refractivity contribution < 1.29 is 33.3 Å². The van der Waals surface area contributed by atoms with Crippen LogP contribution in [0.25, 0.3) is 0 Å². The van der Waals surface area contributed by atoms with Crippen molar-refractivity contribution in [1.29, 1.82) is 0 Å². The number of nitrogen functional groups attached to an aromatic ring is 1. The van der Waals surface area contributed by atoms with Crippen LogP contribution in [0.3, 0.4) is 0 Å². The number of amides is 2. The standard InChI is InChI=1S/C24H23Cl2N5O2.C13H9Cl2N3O2S.C12H16N2O2.C12H18N2.C6H4FNO2.C6H13N/c1-15-9-11-30(12-10-15)17-7-5-16(6-8-17)28-24-27-13-18-22(29-24)33-14-31(23(18)32)21-19(25)3-2-4-20(21)26;1-21-13-16-5-7-11(17-13)20-6-18(12(7)19)10-8(14)3-2-4-9(10)15;1-10-6-8-13(9-7-10)11-2-4-12(5-3-11)14(15)16;1-10-6-8-14(9-7-10)12-4-2-11(13)3-5-12;7-5-1-3-6(4-2-5)8(9)10;1-6-2-4-7-5-3-6/h2-8,13,15H,9-12,14H2,1H3,(H,27,28,29);2-5H,6H2,1H3;2-5,10H,6-9H2,1H3;2-5,10H,6-9,13H2,1H3;1-4H;6-7H,2-5H2,1H3. The van der Waals surface area contributed by atoms with Crippen molar-refractivity contribution in [2.45, 2.75) is 84.2 Å². The molecule has 101 heavy (non-hydrogen) atoms. The van der Waals surface area contributed by atoms with Crippen LogP contribution in [0.2, 0.25) is 20.1 Å². The summed E-state index contributed by atoms with van der Waals surface area (Å²) in [5.74, 6) is 3.23. The summed E-state index contributed by atoms with van der Waals surface area (Å²) in [6.45, 7) is 18.3. The van der Waals surface area contributed by atoms with E-state index >= 15 is 0 Å². The van der Waals surface area contributed by atoms with Crippen LogP contribution in [0.5, 0.6) is 11.8 Å². The predicted octanol–water partition coefficient (Wildman–Crippen LogP) is 17.3. The van der Waals surface area contributed by atoms with Crippen LogP contribution in [0, 0.1) is 49.7 Å². The van der Waals surface area contributed by atoms with Gasteiger partial charge >= 0.3 is 0 Å². The summed E-state index contributed by atoms with van der Waals surface area (Å²) in [6.07, 6.45) is 15.0. The second-order valence-electron chi connectivity index (χ2n) is 25.4. The van der Waals surface area contributed by atoms with Crippen LogP contribution < -0.4 is 50.3 Å². The molecule has 2 aromatic heterocycles. The van der Waals surface area contributed by atoms with Crippen LogP contribution in [-0.2, 0) is 0 Å². The van der Waals surface area contributed by atoms with E-state index in [0.717, 1.165) is 91.2 Å². The summed E-state index contributed by atoms with van der Waals surface area (Å²) in [6, 6.07) is 37.7. The van der Waals surface area contributed by atoms with Gasteiger partial charge < -0.3 is 40.5 Å². The number of ether oxygens (including phenoxy) is 2. The Bertz CT molecular complexity index is 4020. The zero-order chi connectivity index (χ0) is 72.1. The number of nitrogens with one attached hydrogen (secondary N) is 2. The molecule has 0 atom stereocenters. The molecule has 2 amide bonds. The Balaban J connectivity index is 0.000000151. The van der Waals surface area contributed by atoms with Gasteiger partial charge in [-0.15, -0.1) is 0 Å². The maximum absolute atomic E-state index is 13.0. The molecule has 0 bridgehead atoms. The van der Waals surface area contributed by atoms with Crippen molar-refractivity contribution in [3.63, 3.8) is 0 Å². The number of nitro groups is 2. The molecule has 4 N–H and O–H groups in total. The number of hydrogen-bond donors (Lipinski definition) is 3. The number of para-hydroxylation sites is 2. The third kappa shape index (κ3) is 21.6. The van der Waals surface area contributed by atoms with Crippen LogP contribution in [0.4, 0.5) is 61.5 Å². The molecule has 14 rings (SSSR count). The van der Waals surface area contributed by atoms with E-state index in [1.54, 1.807) is 48.5 Å². The molecule has 8 heterocycles. The lowest BCUT2D eigenvalue weighted by molar-refractivity contribution is -0.385. The summed E-state index contributed by atoms with van der Waals surface area (Å²) in [5.41, 5.74) is 12.4. The van der Waals surface area contributed by atoms with Gasteiger partial charge in [-0.25, -0.2) is 14.4 Å². The maximum atomic E-state index is 13.0. The quantitative estimate of drug-likeness (QED) is 0.0378. The number of halogens is 5. The molecule has 0 spiro atoms. The fourth-order valence-electron chi connectivity index (χ4n) is 11.6. The minimum absolute atomic E-state index is 0.000120. The number of anilines is 8. The van der Waals surface area contributed by atoms with E-state index in [2.05, 4.69) is 97.2 Å². The fourth-order valence-corrected chi connectivity index (χ4v) is 13.1. The van der Waals surface area contributed by atoms with Gasteiger partial charge in [-0.3, -0.25) is 39.6 Å². The Morgan fingerprint density at radius 2 is 0.901 bits per heavy atom. The number of carbonyl (C=O) groups excluding carboxylic acids is 2. The Morgan fingerprint density at radius 3 is 1.29 bits per heavy atom. The third-order valence-corrected chi connectivity index (χ3v) is 19.7. The molecular weight excluding hydrogens is 1390 g/mol. The predicted molar refractivity (Wildman–Crippen MR) is 403 cm³/mol. The zero-order valence-electron chi connectivity index (χ0n) is 57.0. The second kappa shape index (κ2) is 37.2. The summed E-state index contributed by atoms with van der Waals surface area (Å²) in [5, 5.41) is 29.0. The highest BCUT2D eigenvalue weighted by molar-refractivity contribution is 7.98. The Hall–Kier alpha value is -8.78. The largest absolute Gasteiger partial charge is 0.455 e. The number of nitro benzene ring substituents is 2. The van der Waals surface area contributed by atoms with Gasteiger partial charge in [0, 0.05) is 104 Å². The highest BCUT2D eigenvalue weighted by atomic mass is 35.5. The Labute approximate surface area is 612 Å². The number of piperidine rings is 4. The van der Waals surface area contributed by atoms with E-state index in [1.807, 2.05) is 42.7 Å². The SMILES string of the molecule is CC1CCN(c2ccc(N)cc2)CC1.CC1CCN(c2ccc(Nc3ncc4c(n3)OCN(c3c(Cl)cccc3Cl)C4=O)cc2)CC1.CC1CCN(c2ccc([N+](=O)[O-])cc2)CC1.CC1CCNCC1.CSc1ncc2c(n1)OCN(c1c(Cl)cccc1Cl)C2=O.O=[N+]([O-])c1ccc(F)cc1. The molecule has 0 saturated carbocycles. The van der Waals surface area contributed by atoms with Crippen molar-refractivity contribution >= 4 is 127 Å². The van der Waals surface area contributed by atoms with E-state index in [4.69, 9.17) is 61.6 Å². The van der Waals surface area contributed by atoms with E-state index < -0.39 is 10.7 Å².